The molecule has 0 amide bonds. The first-order chi connectivity index (χ1) is 14.8. The average molecular weight is 421 g/mol. The summed E-state index contributed by atoms with van der Waals surface area (Å²) in [5.74, 6) is -0.904. The van der Waals surface area contributed by atoms with E-state index in [-0.39, 0.29) is 18.2 Å². The molecule has 0 bridgehead atoms. The highest BCUT2D eigenvalue weighted by atomic mass is 16.4. The zero-order valence-electron chi connectivity index (χ0n) is 18.1. The molecule has 0 aliphatic rings. The normalized spacial score (nSPS) is 12.6. The van der Waals surface area contributed by atoms with Crippen molar-refractivity contribution in [2.45, 2.75) is 52.6 Å². The van der Waals surface area contributed by atoms with Crippen LogP contribution in [-0.4, -0.2) is 24.6 Å². The Bertz CT molecular complexity index is 1340. The molecule has 4 rings (SSSR count). The Hall–Kier alpha value is -3.48. The van der Waals surface area contributed by atoms with Crippen LogP contribution in [0.25, 0.3) is 16.6 Å². The van der Waals surface area contributed by atoms with E-state index in [9.17, 15) is 14.7 Å². The van der Waals surface area contributed by atoms with Crippen LogP contribution in [-0.2, 0) is 11.3 Å². The minimum atomic E-state index is -0.904. The van der Waals surface area contributed by atoms with Gasteiger partial charge in [0.15, 0.2) is 0 Å². The molecule has 0 radical (unpaired) electrons. The third-order valence-electron chi connectivity index (χ3n) is 5.89. The van der Waals surface area contributed by atoms with E-state index in [0.29, 0.717) is 18.7 Å². The van der Waals surface area contributed by atoms with Crippen molar-refractivity contribution in [3.05, 3.63) is 69.9 Å². The smallest absolute Gasteiger partial charge is 0.329 e. The largest absolute Gasteiger partial charge is 0.481 e. The summed E-state index contributed by atoms with van der Waals surface area (Å²) in [5, 5.41) is 9.41. The Kier molecular flexibility index (Phi) is 5.35. The summed E-state index contributed by atoms with van der Waals surface area (Å²) >= 11 is 0. The second kappa shape index (κ2) is 7.98. The number of aromatic nitrogens is 3. The van der Waals surface area contributed by atoms with Gasteiger partial charge in [-0.15, -0.1) is 0 Å². The van der Waals surface area contributed by atoms with Gasteiger partial charge in [0.2, 0.25) is 0 Å². The summed E-state index contributed by atoms with van der Waals surface area (Å²) in [5.41, 5.74) is 12.3. The van der Waals surface area contributed by atoms with Gasteiger partial charge in [-0.1, -0.05) is 25.5 Å². The van der Waals surface area contributed by atoms with E-state index in [1.807, 2.05) is 57.2 Å². The fraction of sp³-hybridized carbons (Fsp3) is 0.333. The van der Waals surface area contributed by atoms with Crippen molar-refractivity contribution in [3.8, 4) is 0 Å². The summed E-state index contributed by atoms with van der Waals surface area (Å²) < 4.78 is 5.46. The number of pyridine rings is 1. The predicted molar refractivity (Wildman–Crippen MR) is 123 cm³/mol. The number of aryl methyl sites for hydroxylation is 2. The van der Waals surface area contributed by atoms with Gasteiger partial charge in [-0.05, 0) is 56.2 Å². The summed E-state index contributed by atoms with van der Waals surface area (Å²) in [6.07, 6.45) is 1.34. The standard InChI is InChI=1S/C24H28N4O3/c1-4-7-17(13-23(29)30)28-21-9-6-5-8-20(21)26(24(28)31)14-18-12-19(25)22-11-15(2)10-16(3)27(18)22/h5-6,8-12,17H,4,7,13-14,25H2,1-3H3,(H,29,30). The molecule has 3 heterocycles. The van der Waals surface area contributed by atoms with Gasteiger partial charge in [-0.3, -0.25) is 13.9 Å². The van der Waals surface area contributed by atoms with Gasteiger partial charge in [0.25, 0.3) is 0 Å². The SMILES string of the molecule is CCCC(CC(=O)O)n1c(=O)n(Cc2cc(N)c3cc(C)cc(C)n23)c2ccccc21. The van der Waals surface area contributed by atoms with Gasteiger partial charge in [0, 0.05) is 17.4 Å². The van der Waals surface area contributed by atoms with Gasteiger partial charge in [-0.25, -0.2) is 4.79 Å². The quantitative estimate of drug-likeness (QED) is 0.470. The van der Waals surface area contributed by atoms with Crippen LogP contribution in [0.1, 0.15) is 49.2 Å². The lowest BCUT2D eigenvalue weighted by Crippen LogP contribution is -2.29. The molecule has 0 aliphatic carbocycles. The highest BCUT2D eigenvalue weighted by Gasteiger charge is 2.23. The molecule has 1 aromatic carbocycles. The zero-order chi connectivity index (χ0) is 22.3. The van der Waals surface area contributed by atoms with Gasteiger partial charge in [0.1, 0.15) is 0 Å². The van der Waals surface area contributed by atoms with Crippen LogP contribution in [0.4, 0.5) is 5.69 Å². The molecule has 0 saturated carbocycles. The number of fused-ring (bicyclic) bond motifs is 2. The molecule has 0 spiro atoms. The van der Waals surface area contributed by atoms with Crippen LogP contribution < -0.4 is 11.4 Å². The van der Waals surface area contributed by atoms with Gasteiger partial charge in [-0.2, -0.15) is 0 Å². The van der Waals surface area contributed by atoms with Gasteiger partial charge in [0.05, 0.1) is 35.2 Å². The molecule has 0 aliphatic heterocycles. The maximum Gasteiger partial charge on any atom is 0.329 e. The third kappa shape index (κ3) is 3.60. The number of para-hydroxylation sites is 2. The van der Waals surface area contributed by atoms with Gasteiger partial charge >= 0.3 is 11.7 Å². The Labute approximate surface area is 180 Å². The lowest BCUT2D eigenvalue weighted by Gasteiger charge is -2.16. The van der Waals surface area contributed by atoms with Crippen molar-refractivity contribution in [2.24, 2.45) is 0 Å². The molecule has 31 heavy (non-hydrogen) atoms. The minimum absolute atomic E-state index is 0.0822. The van der Waals surface area contributed by atoms with Crippen molar-refractivity contribution in [2.75, 3.05) is 5.73 Å². The average Bonchev–Trinajstić information content (AvgIpc) is 3.16. The van der Waals surface area contributed by atoms with E-state index in [2.05, 4.69) is 10.5 Å². The lowest BCUT2D eigenvalue weighted by molar-refractivity contribution is -0.137. The summed E-state index contributed by atoms with van der Waals surface area (Å²) in [4.78, 5) is 25.0. The summed E-state index contributed by atoms with van der Waals surface area (Å²) in [6.45, 7) is 6.41. The molecular weight excluding hydrogens is 392 g/mol. The number of nitrogens with zero attached hydrogens (tertiary/aromatic N) is 3. The summed E-state index contributed by atoms with van der Waals surface area (Å²) in [7, 11) is 0. The third-order valence-corrected chi connectivity index (χ3v) is 5.89. The van der Waals surface area contributed by atoms with E-state index in [4.69, 9.17) is 5.73 Å². The number of imidazole rings is 1. The fourth-order valence-corrected chi connectivity index (χ4v) is 4.69. The molecule has 0 fully saturated rings. The Morgan fingerprint density at radius 3 is 2.48 bits per heavy atom. The number of carboxylic acid groups (broad SMARTS) is 1. The number of hydrogen-bond acceptors (Lipinski definition) is 3. The van der Waals surface area contributed by atoms with E-state index in [1.54, 1.807) is 9.13 Å². The molecule has 0 saturated heterocycles. The van der Waals surface area contributed by atoms with Gasteiger partial charge < -0.3 is 15.2 Å². The molecule has 1 unspecified atom stereocenters. The number of benzene rings is 1. The number of nitrogen functional groups attached to an aromatic ring is 1. The van der Waals surface area contributed by atoms with Crippen LogP contribution in [0.2, 0.25) is 0 Å². The minimum Gasteiger partial charge on any atom is -0.481 e. The monoisotopic (exact) mass is 420 g/mol. The highest BCUT2D eigenvalue weighted by molar-refractivity contribution is 5.77. The Morgan fingerprint density at radius 2 is 1.81 bits per heavy atom. The fourth-order valence-electron chi connectivity index (χ4n) is 4.69. The van der Waals surface area contributed by atoms with Crippen molar-refractivity contribution in [3.63, 3.8) is 0 Å². The number of carboxylic acids is 1. The summed E-state index contributed by atoms with van der Waals surface area (Å²) in [6, 6.07) is 13.2. The Balaban J connectivity index is 1.90. The molecule has 162 valence electrons. The van der Waals surface area contributed by atoms with Crippen LogP contribution in [0, 0.1) is 13.8 Å². The lowest BCUT2D eigenvalue weighted by atomic mass is 10.1. The molecule has 3 aromatic heterocycles. The van der Waals surface area contributed by atoms with Crippen LogP contribution in [0.3, 0.4) is 0 Å². The highest BCUT2D eigenvalue weighted by Crippen LogP contribution is 2.26. The van der Waals surface area contributed by atoms with Crippen molar-refractivity contribution < 1.29 is 9.90 Å². The van der Waals surface area contributed by atoms with Crippen molar-refractivity contribution in [1.82, 2.24) is 13.5 Å². The molecule has 1 atom stereocenters. The zero-order valence-corrected chi connectivity index (χ0v) is 18.1. The number of aliphatic carboxylic acids is 1. The second-order valence-electron chi connectivity index (χ2n) is 8.25. The number of carbonyl (C=O) groups is 1. The van der Waals surface area contributed by atoms with Crippen molar-refractivity contribution in [1.29, 1.82) is 0 Å². The molecule has 4 aromatic rings. The van der Waals surface area contributed by atoms with Crippen LogP contribution >= 0.6 is 0 Å². The number of rotatable bonds is 7. The second-order valence-corrected chi connectivity index (χ2v) is 8.25. The predicted octanol–water partition coefficient (Wildman–Crippen LogP) is 4.12. The van der Waals surface area contributed by atoms with Crippen LogP contribution in [0.5, 0.6) is 0 Å². The topological polar surface area (TPSA) is 94.7 Å². The van der Waals surface area contributed by atoms with Crippen molar-refractivity contribution >= 4 is 28.2 Å². The molecule has 7 heteroatoms. The molecule has 7 nitrogen and oxygen atoms in total. The van der Waals surface area contributed by atoms with Crippen LogP contribution in [0.15, 0.2) is 47.3 Å². The number of hydrogen-bond donors (Lipinski definition) is 2. The van der Waals surface area contributed by atoms with E-state index >= 15 is 0 Å². The van der Waals surface area contributed by atoms with E-state index < -0.39 is 5.97 Å². The van der Waals surface area contributed by atoms with E-state index in [1.165, 1.54) is 0 Å². The molecular formula is C24H28N4O3. The maximum atomic E-state index is 13.6. The van der Waals surface area contributed by atoms with E-state index in [0.717, 1.165) is 39.9 Å². The maximum absolute atomic E-state index is 13.6. The molecule has 3 N–H and O–H groups in total. The first-order valence-electron chi connectivity index (χ1n) is 10.6. The number of anilines is 1. The first kappa shape index (κ1) is 20.8. The first-order valence-corrected chi connectivity index (χ1v) is 10.6. The number of nitrogens with two attached hydrogens (primary N) is 1. The Morgan fingerprint density at radius 1 is 1.10 bits per heavy atom.